The van der Waals surface area contributed by atoms with Gasteiger partial charge in [0.2, 0.25) is 5.91 Å². The van der Waals surface area contributed by atoms with Crippen LogP contribution in [0.1, 0.15) is 30.5 Å². The minimum atomic E-state index is -0.369. The predicted octanol–water partition coefficient (Wildman–Crippen LogP) is 4.27. The number of fused-ring (bicyclic) bond motifs is 1. The fourth-order valence-electron chi connectivity index (χ4n) is 3.92. The number of rotatable bonds is 4. The smallest absolute Gasteiger partial charge is 0.267 e. The van der Waals surface area contributed by atoms with Gasteiger partial charge < -0.3 is 5.32 Å². The molecule has 0 unspecified atom stereocenters. The van der Waals surface area contributed by atoms with Crippen LogP contribution in [0.3, 0.4) is 0 Å². The van der Waals surface area contributed by atoms with Crippen molar-refractivity contribution in [2.45, 2.75) is 33.7 Å². The summed E-state index contributed by atoms with van der Waals surface area (Å²) in [6.45, 7) is 7.52. The molecule has 0 aliphatic carbocycles. The fourth-order valence-corrected chi connectivity index (χ4v) is 5.51. The molecule has 4 rings (SSSR count). The Morgan fingerprint density at radius 2 is 1.81 bits per heavy atom. The molecule has 3 amide bonds. The summed E-state index contributed by atoms with van der Waals surface area (Å²) in [7, 11) is 0. The van der Waals surface area contributed by atoms with E-state index >= 15 is 0 Å². The van der Waals surface area contributed by atoms with E-state index in [1.165, 1.54) is 9.80 Å². The largest absolute Gasteiger partial charge is 0.324 e. The quantitative estimate of drug-likeness (QED) is 0.540. The molecule has 0 bridgehead atoms. The first-order chi connectivity index (χ1) is 15.2. The van der Waals surface area contributed by atoms with Gasteiger partial charge in [0.15, 0.2) is 0 Å². The summed E-state index contributed by atoms with van der Waals surface area (Å²) in [4.78, 5) is 42.6. The molecule has 0 spiro atoms. The minimum absolute atomic E-state index is 0.105. The first kappa shape index (κ1) is 22.2. The van der Waals surface area contributed by atoms with E-state index in [-0.39, 0.29) is 30.3 Å². The molecule has 2 aromatic rings. The molecular weight excluding hydrogens is 442 g/mol. The van der Waals surface area contributed by atoms with Crippen molar-refractivity contribution in [3.05, 3.63) is 64.1 Å². The van der Waals surface area contributed by atoms with Crippen molar-refractivity contribution in [3.63, 3.8) is 0 Å². The van der Waals surface area contributed by atoms with Crippen LogP contribution in [0.4, 0.5) is 11.4 Å². The lowest BCUT2D eigenvalue weighted by Crippen LogP contribution is -2.36. The minimum Gasteiger partial charge on any atom is -0.324 e. The zero-order chi connectivity index (χ0) is 23.2. The lowest BCUT2D eigenvalue weighted by molar-refractivity contribution is -0.123. The summed E-state index contributed by atoms with van der Waals surface area (Å²) < 4.78 is 0.434. The van der Waals surface area contributed by atoms with Gasteiger partial charge in [-0.15, -0.1) is 0 Å². The van der Waals surface area contributed by atoms with Gasteiger partial charge in [0, 0.05) is 17.3 Å². The lowest BCUT2D eigenvalue weighted by Gasteiger charge is -2.18. The van der Waals surface area contributed by atoms with Crippen LogP contribution >= 0.6 is 24.0 Å². The standard InChI is InChI=1S/C24H23N3O3S2/c1-13(2)27-23(30)21(32-24(27)31)20-16-7-5-6-8-18(16)26(22(20)29)12-19(28)25-17-10-9-14(3)11-15(17)4/h5-11,13H,12H2,1-4H3,(H,25,28)/b21-20+. The van der Waals surface area contributed by atoms with Gasteiger partial charge in [-0.3, -0.25) is 24.2 Å². The number of thiocarbonyl (C=S) groups is 1. The van der Waals surface area contributed by atoms with Crippen LogP contribution < -0.4 is 10.2 Å². The highest BCUT2D eigenvalue weighted by atomic mass is 32.2. The average Bonchev–Trinajstić information content (AvgIpc) is 3.17. The first-order valence-electron chi connectivity index (χ1n) is 10.3. The number of thioether (sulfide) groups is 1. The Kier molecular flexibility index (Phi) is 5.92. The van der Waals surface area contributed by atoms with Crippen molar-refractivity contribution in [1.29, 1.82) is 0 Å². The third kappa shape index (κ3) is 3.84. The topological polar surface area (TPSA) is 69.7 Å². The predicted molar refractivity (Wildman–Crippen MR) is 132 cm³/mol. The fraction of sp³-hybridized carbons (Fsp3) is 0.250. The average molecular weight is 466 g/mol. The molecule has 164 valence electrons. The van der Waals surface area contributed by atoms with Crippen molar-refractivity contribution >= 4 is 63.0 Å². The normalized spacial score (nSPS) is 18.1. The van der Waals surface area contributed by atoms with E-state index < -0.39 is 0 Å². The highest BCUT2D eigenvalue weighted by Gasteiger charge is 2.43. The van der Waals surface area contributed by atoms with Crippen LogP contribution in [0.2, 0.25) is 0 Å². The maximum absolute atomic E-state index is 13.4. The second kappa shape index (κ2) is 8.52. The highest BCUT2D eigenvalue weighted by Crippen LogP contribution is 2.44. The Morgan fingerprint density at radius 3 is 2.47 bits per heavy atom. The Hall–Kier alpha value is -2.97. The van der Waals surface area contributed by atoms with E-state index in [1.807, 2.05) is 58.0 Å². The third-order valence-corrected chi connectivity index (χ3v) is 6.82. The van der Waals surface area contributed by atoms with Gasteiger partial charge in [-0.25, -0.2) is 0 Å². The molecule has 0 atom stereocenters. The molecule has 2 heterocycles. The van der Waals surface area contributed by atoms with Gasteiger partial charge in [-0.1, -0.05) is 59.9 Å². The molecule has 2 aliphatic heterocycles. The van der Waals surface area contributed by atoms with E-state index in [9.17, 15) is 14.4 Å². The molecule has 6 nitrogen and oxygen atoms in total. The Bertz CT molecular complexity index is 1200. The van der Waals surface area contributed by atoms with E-state index in [1.54, 1.807) is 12.1 Å². The Labute approximate surface area is 196 Å². The zero-order valence-electron chi connectivity index (χ0n) is 18.3. The summed E-state index contributed by atoms with van der Waals surface area (Å²) in [5.41, 5.74) is 4.31. The molecule has 1 N–H and O–H groups in total. The van der Waals surface area contributed by atoms with Crippen LogP contribution in [0.5, 0.6) is 0 Å². The maximum atomic E-state index is 13.4. The Balaban J connectivity index is 1.66. The summed E-state index contributed by atoms with van der Waals surface area (Å²) in [6.07, 6.45) is 0. The van der Waals surface area contributed by atoms with Gasteiger partial charge in [0.1, 0.15) is 10.9 Å². The third-order valence-electron chi connectivity index (χ3n) is 5.42. The number of carbonyl (C=O) groups excluding carboxylic acids is 3. The molecule has 1 saturated heterocycles. The van der Waals surface area contributed by atoms with Crippen molar-refractivity contribution in [2.24, 2.45) is 0 Å². The van der Waals surface area contributed by atoms with Crippen molar-refractivity contribution in [1.82, 2.24) is 4.90 Å². The zero-order valence-corrected chi connectivity index (χ0v) is 19.9. The molecule has 0 aromatic heterocycles. The van der Waals surface area contributed by atoms with Crippen LogP contribution in [0, 0.1) is 13.8 Å². The molecule has 2 aromatic carbocycles. The number of anilines is 2. The molecular formula is C24H23N3O3S2. The number of benzene rings is 2. The van der Waals surface area contributed by atoms with Gasteiger partial charge in [0.05, 0.1) is 16.2 Å². The summed E-state index contributed by atoms with van der Waals surface area (Å²) in [6, 6.07) is 12.9. The van der Waals surface area contributed by atoms with Gasteiger partial charge in [-0.2, -0.15) is 0 Å². The number of hydrogen-bond acceptors (Lipinski definition) is 5. The number of aryl methyl sites for hydroxylation is 2. The van der Waals surface area contributed by atoms with Crippen LogP contribution in [-0.4, -0.2) is 39.5 Å². The number of carbonyl (C=O) groups is 3. The monoisotopic (exact) mass is 465 g/mol. The second-order valence-corrected chi connectivity index (χ2v) is 9.76. The molecule has 32 heavy (non-hydrogen) atoms. The van der Waals surface area contributed by atoms with E-state index in [2.05, 4.69) is 5.32 Å². The van der Waals surface area contributed by atoms with Crippen molar-refractivity contribution < 1.29 is 14.4 Å². The number of nitrogens with zero attached hydrogens (tertiary/aromatic N) is 2. The lowest BCUT2D eigenvalue weighted by atomic mass is 10.1. The first-order valence-corrected chi connectivity index (χ1v) is 11.5. The molecule has 0 saturated carbocycles. The summed E-state index contributed by atoms with van der Waals surface area (Å²) in [5, 5.41) is 2.89. The van der Waals surface area contributed by atoms with Gasteiger partial charge in [0.25, 0.3) is 11.8 Å². The number of amides is 3. The van der Waals surface area contributed by atoms with Crippen LogP contribution in [0.25, 0.3) is 5.57 Å². The Morgan fingerprint density at radius 1 is 1.09 bits per heavy atom. The maximum Gasteiger partial charge on any atom is 0.267 e. The highest BCUT2D eigenvalue weighted by molar-refractivity contribution is 8.26. The summed E-state index contributed by atoms with van der Waals surface area (Å²) >= 11 is 6.52. The van der Waals surface area contributed by atoms with Gasteiger partial charge in [-0.05, 0) is 45.4 Å². The second-order valence-electron chi connectivity index (χ2n) is 8.12. The molecule has 1 fully saturated rings. The molecule has 0 radical (unpaired) electrons. The summed E-state index contributed by atoms with van der Waals surface area (Å²) in [5.74, 6) is -0.947. The molecule has 2 aliphatic rings. The van der Waals surface area contributed by atoms with Gasteiger partial charge >= 0.3 is 0 Å². The number of para-hydroxylation sites is 1. The van der Waals surface area contributed by atoms with E-state index in [0.717, 1.165) is 22.9 Å². The molecule has 8 heteroatoms. The van der Waals surface area contributed by atoms with Crippen LogP contribution in [-0.2, 0) is 14.4 Å². The van der Waals surface area contributed by atoms with E-state index in [0.29, 0.717) is 31.7 Å². The van der Waals surface area contributed by atoms with E-state index in [4.69, 9.17) is 12.2 Å². The van der Waals surface area contributed by atoms with Crippen LogP contribution in [0.15, 0.2) is 47.4 Å². The van der Waals surface area contributed by atoms with Crippen molar-refractivity contribution in [3.8, 4) is 0 Å². The number of nitrogens with one attached hydrogen (secondary N) is 1. The number of hydrogen-bond donors (Lipinski definition) is 1. The van der Waals surface area contributed by atoms with Crippen molar-refractivity contribution in [2.75, 3.05) is 16.8 Å². The SMILES string of the molecule is Cc1ccc(NC(=O)CN2C(=O)/C(=C3/SC(=S)N(C(C)C)C3=O)c3ccccc32)c(C)c1.